The average Bonchev–Trinajstić information content (AvgIpc) is 3.42. The molecule has 10 nitrogen and oxygen atoms in total. The number of rotatable bonds is 7. The number of nitrogens with zero attached hydrogens (tertiary/aromatic N) is 5. The van der Waals surface area contributed by atoms with Gasteiger partial charge in [-0.25, -0.2) is 4.98 Å². The van der Waals surface area contributed by atoms with Gasteiger partial charge in [0.05, 0.1) is 11.9 Å². The van der Waals surface area contributed by atoms with E-state index in [1.165, 1.54) is 11.8 Å². The summed E-state index contributed by atoms with van der Waals surface area (Å²) in [5, 5.41) is 13.2. The van der Waals surface area contributed by atoms with Crippen molar-refractivity contribution in [1.29, 1.82) is 0 Å². The number of halogens is 3. The van der Waals surface area contributed by atoms with Gasteiger partial charge in [0.1, 0.15) is 11.9 Å². The summed E-state index contributed by atoms with van der Waals surface area (Å²) < 4.78 is 47.3. The van der Waals surface area contributed by atoms with Crippen LogP contribution in [-0.4, -0.2) is 77.2 Å². The number of hydrogen-bond acceptors (Lipinski definition) is 8. The molecule has 3 aromatic rings. The molecule has 1 atom stereocenters. The lowest BCUT2D eigenvalue weighted by Gasteiger charge is -2.31. The number of aromatic nitrogens is 2. The Morgan fingerprint density at radius 1 is 0.872 bits per heavy atom. The largest absolute Gasteiger partial charge is 0.437 e. The van der Waals surface area contributed by atoms with Gasteiger partial charge >= 0.3 is 6.18 Å². The van der Waals surface area contributed by atoms with Crippen LogP contribution in [0.4, 0.5) is 30.7 Å². The van der Waals surface area contributed by atoms with E-state index in [-0.39, 0.29) is 29.4 Å². The Bertz CT molecular complexity index is 1500. The van der Waals surface area contributed by atoms with Crippen molar-refractivity contribution in [3.63, 3.8) is 0 Å². The lowest BCUT2D eigenvalue weighted by molar-refractivity contribution is -0.143. The van der Waals surface area contributed by atoms with Gasteiger partial charge in [0.15, 0.2) is 5.69 Å². The smallest absolute Gasteiger partial charge is 0.417 e. The van der Waals surface area contributed by atoms with Crippen LogP contribution in [-0.2, 0) is 11.0 Å². The molecular formula is C34H41F3N6O4. The minimum absolute atomic E-state index is 0.0215. The van der Waals surface area contributed by atoms with Gasteiger partial charge < -0.3 is 29.5 Å². The van der Waals surface area contributed by atoms with Crippen molar-refractivity contribution in [1.82, 2.24) is 14.9 Å². The lowest BCUT2D eigenvalue weighted by Crippen LogP contribution is -2.44. The molecule has 47 heavy (non-hydrogen) atoms. The Balaban J connectivity index is 1.06. The summed E-state index contributed by atoms with van der Waals surface area (Å²) in [5.41, 5.74) is 0.0283. The van der Waals surface area contributed by atoms with Gasteiger partial charge in [-0.2, -0.15) is 18.2 Å². The second-order valence-corrected chi connectivity index (χ2v) is 12.7. The fourth-order valence-electron chi connectivity index (χ4n) is 6.96. The molecule has 1 unspecified atom stereocenters. The molecule has 0 radical (unpaired) electrons. The normalized spacial score (nSPS) is 19.4. The van der Waals surface area contributed by atoms with Gasteiger partial charge in [0.2, 0.25) is 5.76 Å². The molecule has 1 aliphatic carbocycles. The number of oxazole rings is 1. The van der Waals surface area contributed by atoms with E-state index >= 15 is 0 Å². The van der Waals surface area contributed by atoms with Crippen LogP contribution in [0.5, 0.6) is 0 Å². The second kappa shape index (κ2) is 14.3. The zero-order valence-corrected chi connectivity index (χ0v) is 26.3. The summed E-state index contributed by atoms with van der Waals surface area (Å²) in [6, 6.07) is 13.0. The first-order valence-corrected chi connectivity index (χ1v) is 16.5. The minimum Gasteiger partial charge on any atom is -0.417 e. The Kier molecular flexibility index (Phi) is 10.00. The summed E-state index contributed by atoms with van der Waals surface area (Å²) in [5.74, 6) is -1.25. The van der Waals surface area contributed by atoms with Crippen LogP contribution >= 0.6 is 0 Å². The molecule has 3 aliphatic rings. The van der Waals surface area contributed by atoms with E-state index in [1.54, 1.807) is 21.9 Å². The average molecular weight is 655 g/mol. The quantitative estimate of drug-likeness (QED) is 0.333. The standard InChI is InChI=1S/C34H41F3N6O4/c35-34(36,37)30-29(47-33(40-30)43-18-14-24(15-19-43)23-8-3-1-4-9-23)31(45)39-26-12-13-27(38-22-26)41-16-7-17-42(21-20-41)32(46)28(44)25-10-5-2-6-11-25/h1,3-4,8-9,12-13,22,24-25,28,44H,2,5-7,10-11,14-21H2,(H,39,45). The fourth-order valence-corrected chi connectivity index (χ4v) is 6.96. The lowest BCUT2D eigenvalue weighted by atomic mass is 9.85. The van der Waals surface area contributed by atoms with Crippen molar-refractivity contribution >= 4 is 29.3 Å². The van der Waals surface area contributed by atoms with Gasteiger partial charge in [0.25, 0.3) is 17.8 Å². The highest BCUT2D eigenvalue weighted by Crippen LogP contribution is 2.37. The molecule has 1 saturated carbocycles. The molecule has 2 aromatic heterocycles. The van der Waals surface area contributed by atoms with E-state index in [1.807, 2.05) is 35.2 Å². The molecule has 6 rings (SSSR count). The number of pyridine rings is 1. The van der Waals surface area contributed by atoms with Crippen LogP contribution in [0.2, 0.25) is 0 Å². The summed E-state index contributed by atoms with van der Waals surface area (Å²) in [7, 11) is 0. The van der Waals surface area contributed by atoms with Crippen molar-refractivity contribution < 1.29 is 32.3 Å². The third-order valence-corrected chi connectivity index (χ3v) is 9.61. The maximum Gasteiger partial charge on any atom is 0.437 e. The zero-order chi connectivity index (χ0) is 33.0. The Hall–Kier alpha value is -4.13. The SMILES string of the molecule is O=C(Nc1ccc(N2CCCN(C(=O)C(O)C3CCCCC3)CC2)nc1)c1oc(N2CCC(c3ccccc3)CC2)nc1C(F)(F)F. The maximum atomic E-state index is 13.9. The fraction of sp³-hybridized carbons (Fsp3) is 0.529. The first-order chi connectivity index (χ1) is 22.7. The predicted molar refractivity (Wildman–Crippen MR) is 170 cm³/mol. The Morgan fingerprint density at radius 2 is 1.62 bits per heavy atom. The van der Waals surface area contributed by atoms with E-state index in [0.29, 0.717) is 51.5 Å². The second-order valence-electron chi connectivity index (χ2n) is 12.7. The van der Waals surface area contributed by atoms with Gasteiger partial charge in [-0.3, -0.25) is 9.59 Å². The summed E-state index contributed by atoms with van der Waals surface area (Å²) >= 11 is 0. The van der Waals surface area contributed by atoms with Crippen LogP contribution in [0.1, 0.15) is 79.1 Å². The molecule has 3 fully saturated rings. The highest BCUT2D eigenvalue weighted by atomic mass is 19.4. The van der Waals surface area contributed by atoms with Gasteiger partial charge in [-0.05, 0) is 61.6 Å². The number of amides is 2. The number of benzene rings is 1. The number of piperidine rings is 1. The first-order valence-electron chi connectivity index (χ1n) is 16.5. The third-order valence-electron chi connectivity index (χ3n) is 9.61. The molecule has 2 amide bonds. The summed E-state index contributed by atoms with van der Waals surface area (Å²) in [4.78, 5) is 39.6. The topological polar surface area (TPSA) is 115 Å². The molecule has 1 aromatic carbocycles. The van der Waals surface area contributed by atoms with E-state index in [4.69, 9.17) is 4.42 Å². The van der Waals surface area contributed by atoms with Crippen molar-refractivity contribution in [2.24, 2.45) is 5.92 Å². The van der Waals surface area contributed by atoms with Crippen molar-refractivity contribution in [3.05, 3.63) is 65.7 Å². The van der Waals surface area contributed by atoms with Gasteiger partial charge in [-0.1, -0.05) is 49.6 Å². The van der Waals surface area contributed by atoms with Crippen LogP contribution in [0.25, 0.3) is 0 Å². The van der Waals surface area contributed by atoms with Crippen LogP contribution in [0.15, 0.2) is 53.1 Å². The van der Waals surface area contributed by atoms with E-state index in [9.17, 15) is 27.9 Å². The molecular weight excluding hydrogens is 613 g/mol. The molecule has 4 heterocycles. The molecule has 252 valence electrons. The molecule has 2 N–H and O–H groups in total. The van der Waals surface area contributed by atoms with Crippen LogP contribution in [0.3, 0.4) is 0 Å². The zero-order valence-electron chi connectivity index (χ0n) is 26.3. The third kappa shape index (κ3) is 7.72. The highest BCUT2D eigenvalue weighted by Gasteiger charge is 2.42. The molecule has 0 bridgehead atoms. The van der Waals surface area contributed by atoms with Crippen molar-refractivity contribution in [2.45, 2.75) is 69.6 Å². The number of carbonyl (C=O) groups is 2. The van der Waals surface area contributed by atoms with E-state index in [0.717, 1.165) is 44.9 Å². The van der Waals surface area contributed by atoms with Gasteiger partial charge in [0, 0.05) is 39.3 Å². The van der Waals surface area contributed by atoms with Crippen molar-refractivity contribution in [2.75, 3.05) is 54.4 Å². The van der Waals surface area contributed by atoms with Crippen molar-refractivity contribution in [3.8, 4) is 0 Å². The number of alkyl halides is 3. The first kappa shape index (κ1) is 32.8. The van der Waals surface area contributed by atoms with E-state index in [2.05, 4.69) is 15.3 Å². The molecule has 0 spiro atoms. The minimum atomic E-state index is -4.88. The number of nitrogens with one attached hydrogen (secondary N) is 1. The predicted octanol–water partition coefficient (Wildman–Crippen LogP) is 5.70. The number of aliphatic hydroxyl groups excluding tert-OH is 1. The Labute approximate surface area is 272 Å². The molecule has 2 saturated heterocycles. The monoisotopic (exact) mass is 654 g/mol. The Morgan fingerprint density at radius 3 is 2.30 bits per heavy atom. The number of carbonyl (C=O) groups excluding carboxylic acids is 2. The van der Waals surface area contributed by atoms with Crippen LogP contribution < -0.4 is 15.1 Å². The number of hydrogen-bond donors (Lipinski definition) is 2. The van der Waals surface area contributed by atoms with E-state index < -0.39 is 29.6 Å². The maximum absolute atomic E-state index is 13.9. The summed E-state index contributed by atoms with van der Waals surface area (Å²) in [6.45, 7) is 3.04. The summed E-state index contributed by atoms with van der Waals surface area (Å²) in [6.07, 6.45) is 2.67. The molecule has 2 aliphatic heterocycles. The van der Waals surface area contributed by atoms with Gasteiger partial charge in [-0.15, -0.1) is 0 Å². The highest BCUT2D eigenvalue weighted by molar-refractivity contribution is 6.03. The van der Waals surface area contributed by atoms with Crippen LogP contribution in [0, 0.1) is 5.92 Å². The molecule has 13 heteroatoms. The number of anilines is 3. The number of aliphatic hydroxyl groups is 1.